The fourth-order valence-corrected chi connectivity index (χ4v) is 1.43. The van der Waals surface area contributed by atoms with Gasteiger partial charge in [-0.15, -0.1) is 0 Å². The molecule has 1 aromatic rings. The highest BCUT2D eigenvalue weighted by atomic mass is 15.3. The average Bonchev–Trinajstić information content (AvgIpc) is 2.65. The molecule has 1 aliphatic rings. The second-order valence-corrected chi connectivity index (χ2v) is 3.42. The van der Waals surface area contributed by atoms with Crippen LogP contribution in [0.5, 0.6) is 0 Å². The summed E-state index contributed by atoms with van der Waals surface area (Å²) >= 11 is 0. The number of allylic oxidation sites excluding steroid dienone is 4. The molecule has 1 aliphatic carbocycles. The van der Waals surface area contributed by atoms with Crippen LogP contribution in [-0.4, -0.2) is 9.78 Å². The first-order valence-electron chi connectivity index (χ1n) is 4.59. The number of aromatic nitrogens is 2. The molecule has 0 radical (unpaired) electrons. The van der Waals surface area contributed by atoms with Gasteiger partial charge in [-0.25, -0.2) is 4.68 Å². The minimum Gasteiger partial charge on any atom is -0.241 e. The van der Waals surface area contributed by atoms with Gasteiger partial charge >= 0.3 is 0 Å². The van der Waals surface area contributed by atoms with Crippen molar-refractivity contribution in [1.82, 2.24) is 9.78 Å². The van der Waals surface area contributed by atoms with Crippen molar-refractivity contribution in [3.8, 4) is 6.07 Å². The van der Waals surface area contributed by atoms with E-state index in [0.717, 1.165) is 17.7 Å². The number of nitriles is 1. The zero-order chi connectivity index (χ0) is 9.97. The Kier molecular flexibility index (Phi) is 2.19. The summed E-state index contributed by atoms with van der Waals surface area (Å²) in [5, 5.41) is 12.9. The smallest absolute Gasteiger partial charge is 0.0700 e. The van der Waals surface area contributed by atoms with Crippen molar-refractivity contribution in [2.75, 3.05) is 0 Å². The van der Waals surface area contributed by atoms with Gasteiger partial charge in [-0.05, 0) is 25.0 Å². The van der Waals surface area contributed by atoms with Crippen molar-refractivity contribution in [2.24, 2.45) is 5.92 Å². The zero-order valence-electron chi connectivity index (χ0n) is 8.01. The van der Waals surface area contributed by atoms with Crippen LogP contribution in [-0.2, 0) is 0 Å². The maximum atomic E-state index is 8.70. The Labute approximate surface area is 83.0 Å². The van der Waals surface area contributed by atoms with Crippen LogP contribution in [0.4, 0.5) is 0 Å². The number of hydrogen-bond donors (Lipinski definition) is 0. The lowest BCUT2D eigenvalue weighted by Crippen LogP contribution is -2.01. The minimum absolute atomic E-state index is 0.0235. The highest BCUT2D eigenvalue weighted by Gasteiger charge is 2.08. The summed E-state index contributed by atoms with van der Waals surface area (Å²) in [5.41, 5.74) is 2.19. The van der Waals surface area contributed by atoms with Gasteiger partial charge in [0.05, 0.1) is 23.9 Å². The molecule has 14 heavy (non-hydrogen) atoms. The molecule has 0 bridgehead atoms. The molecule has 1 heterocycles. The van der Waals surface area contributed by atoms with Gasteiger partial charge in [0.25, 0.3) is 0 Å². The van der Waals surface area contributed by atoms with Gasteiger partial charge in [-0.1, -0.05) is 12.2 Å². The van der Waals surface area contributed by atoms with E-state index in [9.17, 15) is 0 Å². The van der Waals surface area contributed by atoms with E-state index < -0.39 is 0 Å². The fraction of sp³-hybridized carbons (Fsp3) is 0.273. The third kappa shape index (κ3) is 1.60. The van der Waals surface area contributed by atoms with E-state index in [-0.39, 0.29) is 5.92 Å². The van der Waals surface area contributed by atoms with Gasteiger partial charge in [0.2, 0.25) is 0 Å². The molecule has 1 atom stereocenters. The fourth-order valence-electron chi connectivity index (χ4n) is 1.43. The predicted octanol–water partition coefficient (Wildman–Crippen LogP) is 2.13. The zero-order valence-corrected chi connectivity index (χ0v) is 8.01. The maximum Gasteiger partial charge on any atom is 0.0700 e. The molecule has 0 N–H and O–H groups in total. The van der Waals surface area contributed by atoms with Crippen molar-refractivity contribution in [2.45, 2.75) is 13.3 Å². The van der Waals surface area contributed by atoms with Crippen molar-refractivity contribution in [3.05, 3.63) is 36.2 Å². The van der Waals surface area contributed by atoms with Crippen molar-refractivity contribution >= 4 is 5.70 Å². The molecule has 1 unspecified atom stereocenters. The Morgan fingerprint density at radius 3 is 3.00 bits per heavy atom. The van der Waals surface area contributed by atoms with Crippen LogP contribution in [0.3, 0.4) is 0 Å². The summed E-state index contributed by atoms with van der Waals surface area (Å²) in [6.45, 7) is 2.01. The lowest BCUT2D eigenvalue weighted by atomic mass is 10.0. The molecule has 3 nitrogen and oxygen atoms in total. The predicted molar refractivity (Wildman–Crippen MR) is 54.1 cm³/mol. The molecule has 3 heteroatoms. The lowest BCUT2D eigenvalue weighted by Gasteiger charge is -2.09. The van der Waals surface area contributed by atoms with Crippen LogP contribution < -0.4 is 0 Å². The molecule has 0 aromatic carbocycles. The molecule has 1 aromatic heterocycles. The Bertz CT molecular complexity index is 432. The SMILES string of the molecule is Cc1cnn(C2=CCC(C#N)C=C2)c1. The summed E-state index contributed by atoms with van der Waals surface area (Å²) in [5.74, 6) is 0.0235. The number of rotatable bonds is 1. The Morgan fingerprint density at radius 2 is 2.50 bits per heavy atom. The van der Waals surface area contributed by atoms with Crippen LogP contribution in [0.2, 0.25) is 0 Å². The van der Waals surface area contributed by atoms with Gasteiger partial charge in [-0.3, -0.25) is 0 Å². The van der Waals surface area contributed by atoms with Gasteiger partial charge in [0.15, 0.2) is 0 Å². The number of aryl methyl sites for hydroxylation is 1. The van der Waals surface area contributed by atoms with Crippen LogP contribution >= 0.6 is 0 Å². The van der Waals surface area contributed by atoms with Crippen LogP contribution in [0.25, 0.3) is 5.70 Å². The highest BCUT2D eigenvalue weighted by molar-refractivity contribution is 5.58. The lowest BCUT2D eigenvalue weighted by molar-refractivity contribution is 0.814. The topological polar surface area (TPSA) is 41.6 Å². The first-order chi connectivity index (χ1) is 6.79. The van der Waals surface area contributed by atoms with E-state index in [4.69, 9.17) is 5.26 Å². The van der Waals surface area contributed by atoms with Gasteiger partial charge in [0.1, 0.15) is 0 Å². The molecule has 0 amide bonds. The Morgan fingerprint density at radius 1 is 1.64 bits per heavy atom. The summed E-state index contributed by atoms with van der Waals surface area (Å²) < 4.78 is 1.83. The first-order valence-corrected chi connectivity index (χ1v) is 4.59. The van der Waals surface area contributed by atoms with Crippen LogP contribution in [0.15, 0.2) is 30.6 Å². The van der Waals surface area contributed by atoms with Gasteiger partial charge < -0.3 is 0 Å². The molecule has 70 valence electrons. The monoisotopic (exact) mass is 185 g/mol. The summed E-state index contributed by atoms with van der Waals surface area (Å²) in [7, 11) is 0. The van der Waals surface area contributed by atoms with E-state index in [1.165, 1.54) is 0 Å². The molecule has 0 spiro atoms. The molecular formula is C11H11N3. The van der Waals surface area contributed by atoms with Gasteiger partial charge in [0, 0.05) is 6.20 Å². The number of hydrogen-bond acceptors (Lipinski definition) is 2. The van der Waals surface area contributed by atoms with E-state index in [1.807, 2.05) is 42.2 Å². The summed E-state index contributed by atoms with van der Waals surface area (Å²) in [6, 6.07) is 2.22. The molecule has 2 rings (SSSR count). The van der Waals surface area contributed by atoms with Crippen molar-refractivity contribution < 1.29 is 0 Å². The molecule has 0 fully saturated rings. The van der Waals surface area contributed by atoms with E-state index in [2.05, 4.69) is 11.2 Å². The summed E-state index contributed by atoms with van der Waals surface area (Å²) in [6.07, 6.45) is 10.5. The quantitative estimate of drug-likeness (QED) is 0.672. The Hall–Kier alpha value is -1.82. The molecular weight excluding hydrogens is 174 g/mol. The largest absolute Gasteiger partial charge is 0.241 e. The second kappa shape index (κ2) is 3.51. The molecule has 0 saturated heterocycles. The van der Waals surface area contributed by atoms with Crippen LogP contribution in [0.1, 0.15) is 12.0 Å². The van der Waals surface area contributed by atoms with E-state index >= 15 is 0 Å². The third-order valence-corrected chi connectivity index (χ3v) is 2.22. The van der Waals surface area contributed by atoms with Crippen molar-refractivity contribution in [1.29, 1.82) is 5.26 Å². The second-order valence-electron chi connectivity index (χ2n) is 3.42. The summed E-state index contributed by atoms with van der Waals surface area (Å²) in [4.78, 5) is 0. The van der Waals surface area contributed by atoms with E-state index in [1.54, 1.807) is 0 Å². The maximum absolute atomic E-state index is 8.70. The standard InChI is InChI=1S/C11H11N3/c1-9-7-13-14(8-9)11-4-2-10(6-12)3-5-11/h2,4-5,7-8,10H,3H2,1H3. The van der Waals surface area contributed by atoms with Crippen LogP contribution in [0, 0.1) is 24.2 Å². The van der Waals surface area contributed by atoms with Gasteiger partial charge in [-0.2, -0.15) is 10.4 Å². The minimum atomic E-state index is 0.0235. The van der Waals surface area contributed by atoms with Crippen molar-refractivity contribution in [3.63, 3.8) is 0 Å². The third-order valence-electron chi connectivity index (χ3n) is 2.22. The Balaban J connectivity index is 2.20. The molecule has 0 saturated carbocycles. The van der Waals surface area contributed by atoms with E-state index in [0.29, 0.717) is 0 Å². The number of nitrogens with zero attached hydrogens (tertiary/aromatic N) is 3. The normalized spacial score (nSPS) is 20.3. The highest BCUT2D eigenvalue weighted by Crippen LogP contribution is 2.18. The first kappa shape index (κ1) is 8.76. The molecule has 0 aliphatic heterocycles. The average molecular weight is 185 g/mol.